The molecule has 10 rings (SSSR count). The second-order valence-electron chi connectivity index (χ2n) is 15.8. The van der Waals surface area contributed by atoms with Gasteiger partial charge in [0.25, 0.3) is 0 Å². The minimum absolute atomic E-state index is 0.0292. The molecule has 0 unspecified atom stereocenters. The molecule has 2 nitrogen and oxygen atoms in total. The third-order valence-electron chi connectivity index (χ3n) is 11.8. The fraction of sp³-hybridized carbons (Fsp3) is 0.0769. The summed E-state index contributed by atoms with van der Waals surface area (Å²) in [5.74, 6) is 0. The van der Waals surface area contributed by atoms with Crippen LogP contribution in [0.3, 0.4) is 0 Å². The Morgan fingerprint density at radius 1 is 0.364 bits per heavy atom. The van der Waals surface area contributed by atoms with Crippen LogP contribution in [0.15, 0.2) is 200 Å². The zero-order chi connectivity index (χ0) is 37.1. The van der Waals surface area contributed by atoms with Crippen molar-refractivity contribution in [3.05, 3.63) is 200 Å². The molecular formula is C52H42N2Si. The maximum absolute atomic E-state index is 2.61. The lowest BCUT2D eigenvalue weighted by Crippen LogP contribution is -2.72. The third kappa shape index (κ3) is 5.07. The Morgan fingerprint density at radius 3 is 1.47 bits per heavy atom. The topological polar surface area (TPSA) is 9.86 Å². The summed E-state index contributed by atoms with van der Waals surface area (Å²) in [6.45, 7) is 7.34. The zero-order valence-corrected chi connectivity index (χ0v) is 32.4. The van der Waals surface area contributed by atoms with Crippen LogP contribution in [0.2, 0.25) is 5.04 Å². The van der Waals surface area contributed by atoms with Gasteiger partial charge < -0.3 is 9.13 Å². The van der Waals surface area contributed by atoms with Gasteiger partial charge in [-0.2, -0.15) is 0 Å². The monoisotopic (exact) mass is 722 g/mol. The number of para-hydroxylation sites is 3. The molecule has 10 aromatic rings. The normalized spacial score (nSPS) is 12.3. The first kappa shape index (κ1) is 33.2. The van der Waals surface area contributed by atoms with E-state index in [1.165, 1.54) is 76.0 Å². The summed E-state index contributed by atoms with van der Waals surface area (Å²) in [4.78, 5) is 0. The van der Waals surface area contributed by atoms with Gasteiger partial charge in [0.05, 0.1) is 27.8 Å². The van der Waals surface area contributed by atoms with Crippen molar-refractivity contribution in [3.63, 3.8) is 0 Å². The molecule has 0 spiro atoms. The van der Waals surface area contributed by atoms with Crippen LogP contribution in [0.1, 0.15) is 20.8 Å². The fourth-order valence-corrected chi connectivity index (χ4v) is 15.2. The minimum atomic E-state index is -2.61. The molecule has 0 saturated carbocycles. The van der Waals surface area contributed by atoms with Crippen LogP contribution < -0.4 is 15.6 Å². The smallest absolute Gasteiger partial charge is 0.153 e. The van der Waals surface area contributed by atoms with Crippen LogP contribution in [0, 0.1) is 0 Å². The van der Waals surface area contributed by atoms with Crippen LogP contribution >= 0.6 is 0 Å². The molecule has 0 fully saturated rings. The first-order chi connectivity index (χ1) is 26.9. The number of benzene rings is 8. The number of hydrogen-bond acceptors (Lipinski definition) is 0. The Kier molecular flexibility index (Phi) is 7.76. The van der Waals surface area contributed by atoms with Crippen molar-refractivity contribution >= 4 is 67.2 Å². The van der Waals surface area contributed by atoms with Crippen molar-refractivity contribution in [2.75, 3.05) is 0 Å². The Balaban J connectivity index is 1.30. The van der Waals surface area contributed by atoms with Crippen molar-refractivity contribution in [1.29, 1.82) is 0 Å². The Labute approximate surface area is 323 Å². The number of hydrogen-bond donors (Lipinski definition) is 0. The molecule has 264 valence electrons. The highest BCUT2D eigenvalue weighted by atomic mass is 28.3. The summed E-state index contributed by atoms with van der Waals surface area (Å²) in [5, 5.41) is 9.27. The molecule has 2 aromatic heterocycles. The lowest BCUT2D eigenvalue weighted by molar-refractivity contribution is 0.739. The summed E-state index contributed by atoms with van der Waals surface area (Å²) in [7, 11) is -2.61. The summed E-state index contributed by atoms with van der Waals surface area (Å²) >= 11 is 0. The maximum atomic E-state index is 2.55. The molecule has 8 aromatic carbocycles. The van der Waals surface area contributed by atoms with E-state index >= 15 is 0 Å². The van der Waals surface area contributed by atoms with Crippen molar-refractivity contribution in [3.8, 4) is 22.5 Å². The molecule has 0 aliphatic heterocycles. The average Bonchev–Trinajstić information content (AvgIpc) is 3.75. The van der Waals surface area contributed by atoms with Crippen LogP contribution in [-0.2, 0) is 0 Å². The predicted molar refractivity (Wildman–Crippen MR) is 238 cm³/mol. The standard InChI is InChI=1S/C52H42N2Si/c1-52(2,3)55(40-20-9-5-10-21-40,41-22-11-6-12-23-41)42-34-35-45-43-24-13-16-28-48(43)54(50(45)36-42)49-29-17-26-46-44-25-14-15-27-47(44)53(51(46)49)39-32-30-38(31-33-39)37-18-7-4-8-19-37/h4-36H,1-3H3. The molecule has 2 heterocycles. The van der Waals surface area contributed by atoms with Gasteiger partial charge in [-0.3, -0.25) is 0 Å². The molecule has 0 N–H and O–H groups in total. The molecule has 0 amide bonds. The van der Waals surface area contributed by atoms with E-state index in [-0.39, 0.29) is 5.04 Å². The average molecular weight is 723 g/mol. The van der Waals surface area contributed by atoms with Gasteiger partial charge in [0.15, 0.2) is 8.07 Å². The van der Waals surface area contributed by atoms with E-state index < -0.39 is 8.07 Å². The second-order valence-corrected chi connectivity index (χ2v) is 20.5. The maximum Gasteiger partial charge on any atom is 0.153 e. The van der Waals surface area contributed by atoms with Crippen molar-refractivity contribution in [2.24, 2.45) is 0 Å². The van der Waals surface area contributed by atoms with Crippen molar-refractivity contribution in [2.45, 2.75) is 25.8 Å². The number of fused-ring (bicyclic) bond motifs is 6. The lowest BCUT2D eigenvalue weighted by Gasteiger charge is -2.44. The molecule has 0 bridgehead atoms. The van der Waals surface area contributed by atoms with Gasteiger partial charge in [-0.1, -0.05) is 185 Å². The molecule has 0 aliphatic carbocycles. The molecule has 0 aliphatic rings. The Hall–Kier alpha value is -6.42. The number of aromatic nitrogens is 2. The van der Waals surface area contributed by atoms with E-state index in [4.69, 9.17) is 0 Å². The summed E-state index contributed by atoms with van der Waals surface area (Å²) < 4.78 is 5.02. The van der Waals surface area contributed by atoms with Crippen LogP contribution in [0.5, 0.6) is 0 Å². The van der Waals surface area contributed by atoms with E-state index in [1.54, 1.807) is 0 Å². The Morgan fingerprint density at radius 2 is 0.855 bits per heavy atom. The van der Waals surface area contributed by atoms with E-state index in [9.17, 15) is 0 Å². The van der Waals surface area contributed by atoms with Gasteiger partial charge in [-0.15, -0.1) is 0 Å². The van der Waals surface area contributed by atoms with Gasteiger partial charge in [0, 0.05) is 27.2 Å². The Bertz CT molecular complexity index is 2950. The predicted octanol–water partition coefficient (Wildman–Crippen LogP) is 11.8. The van der Waals surface area contributed by atoms with Crippen molar-refractivity contribution < 1.29 is 0 Å². The highest BCUT2D eigenvalue weighted by Crippen LogP contribution is 2.41. The van der Waals surface area contributed by atoms with Gasteiger partial charge in [-0.05, 0) is 68.1 Å². The molecular weight excluding hydrogens is 681 g/mol. The first-order valence-electron chi connectivity index (χ1n) is 19.3. The van der Waals surface area contributed by atoms with E-state index in [0.717, 1.165) is 5.69 Å². The SMILES string of the molecule is CC(C)(C)[Si](c1ccccc1)(c1ccccc1)c1ccc2c3ccccc3n(-c3cccc4c5ccccc5n(-c5ccc(-c6ccccc6)cc5)c34)c2c1. The second kappa shape index (κ2) is 12.9. The summed E-state index contributed by atoms with van der Waals surface area (Å²) in [5.41, 5.74) is 9.60. The van der Waals surface area contributed by atoms with E-state index in [0.29, 0.717) is 0 Å². The highest BCUT2D eigenvalue weighted by molar-refractivity contribution is 7.13. The largest absolute Gasteiger partial charge is 0.307 e. The number of rotatable bonds is 6. The van der Waals surface area contributed by atoms with Gasteiger partial charge in [-0.25, -0.2) is 0 Å². The number of nitrogens with zero attached hydrogens (tertiary/aromatic N) is 2. The quantitative estimate of drug-likeness (QED) is 0.119. The molecule has 0 radical (unpaired) electrons. The third-order valence-corrected chi connectivity index (χ3v) is 17.6. The van der Waals surface area contributed by atoms with Gasteiger partial charge in [0.2, 0.25) is 0 Å². The first-order valence-corrected chi connectivity index (χ1v) is 21.3. The van der Waals surface area contributed by atoms with Crippen molar-refractivity contribution in [1.82, 2.24) is 9.13 Å². The molecule has 0 atom stereocenters. The highest BCUT2D eigenvalue weighted by Gasteiger charge is 2.49. The van der Waals surface area contributed by atoms with Crippen LogP contribution in [0.25, 0.3) is 66.1 Å². The fourth-order valence-electron chi connectivity index (χ4n) is 9.52. The van der Waals surface area contributed by atoms with Crippen LogP contribution in [0.4, 0.5) is 0 Å². The molecule has 3 heteroatoms. The van der Waals surface area contributed by atoms with Crippen LogP contribution in [-0.4, -0.2) is 17.2 Å². The molecule has 55 heavy (non-hydrogen) atoms. The zero-order valence-electron chi connectivity index (χ0n) is 31.4. The lowest BCUT2D eigenvalue weighted by atomic mass is 10.1. The molecule has 0 saturated heterocycles. The summed E-state index contributed by atoms with van der Waals surface area (Å²) in [6, 6.07) is 74.3. The van der Waals surface area contributed by atoms with Gasteiger partial charge >= 0.3 is 0 Å². The van der Waals surface area contributed by atoms with E-state index in [2.05, 4.69) is 230 Å². The minimum Gasteiger partial charge on any atom is -0.307 e. The van der Waals surface area contributed by atoms with Gasteiger partial charge in [0.1, 0.15) is 0 Å². The van der Waals surface area contributed by atoms with E-state index in [1.807, 2.05) is 0 Å². The summed E-state index contributed by atoms with van der Waals surface area (Å²) in [6.07, 6.45) is 0.